The number of benzene rings is 1. The van der Waals surface area contributed by atoms with Gasteiger partial charge in [0, 0.05) is 32.4 Å². The van der Waals surface area contributed by atoms with E-state index in [0.29, 0.717) is 15.1 Å². The predicted octanol–water partition coefficient (Wildman–Crippen LogP) is 4.55. The maximum absolute atomic E-state index is 12.4. The Hall–Kier alpha value is -1.39. The van der Waals surface area contributed by atoms with E-state index in [-0.39, 0.29) is 12.2 Å². The molecule has 0 aliphatic heterocycles. The molecular formula is C16H15BrClNO2. The van der Waals surface area contributed by atoms with Crippen LogP contribution in [0.4, 0.5) is 0 Å². The molecule has 1 aromatic carbocycles. The average molecular weight is 369 g/mol. The molecule has 0 atom stereocenters. The third-order valence-electron chi connectivity index (χ3n) is 3.31. The van der Waals surface area contributed by atoms with Crippen LogP contribution in [0.3, 0.4) is 0 Å². The summed E-state index contributed by atoms with van der Waals surface area (Å²) < 4.78 is 6.06. The summed E-state index contributed by atoms with van der Waals surface area (Å²) in [4.78, 5) is 16.8. The molecule has 0 saturated heterocycles. The summed E-state index contributed by atoms with van der Waals surface area (Å²) in [5.41, 5.74) is 3.18. The first-order chi connectivity index (χ1) is 9.93. The zero-order valence-electron chi connectivity index (χ0n) is 12.0. The number of methoxy groups -OCH3 is 1. The molecule has 2 aromatic rings. The minimum atomic E-state index is -0.0138. The van der Waals surface area contributed by atoms with Crippen LogP contribution in [0.2, 0.25) is 5.02 Å². The molecule has 1 heterocycles. The van der Waals surface area contributed by atoms with Crippen LogP contribution in [-0.4, -0.2) is 17.9 Å². The van der Waals surface area contributed by atoms with E-state index < -0.39 is 0 Å². The number of hydrogen-bond acceptors (Lipinski definition) is 3. The number of aryl methyl sites for hydroxylation is 1. The quantitative estimate of drug-likeness (QED) is 0.743. The number of pyridine rings is 1. The van der Waals surface area contributed by atoms with Crippen molar-refractivity contribution in [2.75, 3.05) is 7.11 Å². The van der Waals surface area contributed by atoms with Gasteiger partial charge in [-0.1, -0.05) is 11.6 Å². The second-order valence-corrected chi connectivity index (χ2v) is 6.06. The standard InChI is InChI=1S/C16H15BrClNO2/c1-9-8-19-14(10(2)16(9)21-3)7-15(20)12-5-4-11(18)6-13(12)17/h4-6,8H,7H2,1-3H3. The van der Waals surface area contributed by atoms with Crippen molar-refractivity contribution in [1.82, 2.24) is 4.98 Å². The van der Waals surface area contributed by atoms with E-state index in [0.717, 1.165) is 22.6 Å². The number of aromatic nitrogens is 1. The van der Waals surface area contributed by atoms with Crippen molar-refractivity contribution in [3.8, 4) is 5.75 Å². The summed E-state index contributed by atoms with van der Waals surface area (Å²) in [7, 11) is 1.62. The zero-order valence-corrected chi connectivity index (χ0v) is 14.4. The summed E-state index contributed by atoms with van der Waals surface area (Å²) in [5.74, 6) is 0.767. The molecule has 0 saturated carbocycles. The molecule has 5 heteroatoms. The molecule has 110 valence electrons. The summed E-state index contributed by atoms with van der Waals surface area (Å²) in [6.07, 6.45) is 1.95. The van der Waals surface area contributed by atoms with E-state index >= 15 is 0 Å². The van der Waals surface area contributed by atoms with Gasteiger partial charge in [-0.15, -0.1) is 0 Å². The van der Waals surface area contributed by atoms with Crippen molar-refractivity contribution in [3.05, 3.63) is 56.3 Å². The number of ketones is 1. The van der Waals surface area contributed by atoms with Gasteiger partial charge in [-0.05, 0) is 48.0 Å². The first-order valence-corrected chi connectivity index (χ1v) is 7.58. The molecule has 21 heavy (non-hydrogen) atoms. The van der Waals surface area contributed by atoms with E-state index in [1.165, 1.54) is 0 Å². The van der Waals surface area contributed by atoms with Gasteiger partial charge in [0.25, 0.3) is 0 Å². The lowest BCUT2D eigenvalue weighted by molar-refractivity contribution is 0.0991. The van der Waals surface area contributed by atoms with Crippen LogP contribution in [0, 0.1) is 13.8 Å². The Bertz CT molecular complexity index is 701. The third kappa shape index (κ3) is 3.44. The Morgan fingerprint density at radius 1 is 1.38 bits per heavy atom. The van der Waals surface area contributed by atoms with Crippen LogP contribution in [0.1, 0.15) is 27.2 Å². The molecule has 0 aliphatic rings. The topological polar surface area (TPSA) is 39.2 Å². The van der Waals surface area contributed by atoms with Crippen LogP contribution in [0.15, 0.2) is 28.9 Å². The zero-order chi connectivity index (χ0) is 15.6. The Balaban J connectivity index is 2.32. The summed E-state index contributed by atoms with van der Waals surface area (Å²) in [6.45, 7) is 3.85. The summed E-state index contributed by atoms with van der Waals surface area (Å²) >= 11 is 9.26. The highest BCUT2D eigenvalue weighted by Crippen LogP contribution is 2.26. The van der Waals surface area contributed by atoms with E-state index in [2.05, 4.69) is 20.9 Å². The smallest absolute Gasteiger partial charge is 0.169 e. The Morgan fingerprint density at radius 2 is 2.10 bits per heavy atom. The predicted molar refractivity (Wildman–Crippen MR) is 87.4 cm³/mol. The van der Waals surface area contributed by atoms with E-state index in [9.17, 15) is 4.79 Å². The number of hydrogen-bond donors (Lipinski definition) is 0. The fourth-order valence-electron chi connectivity index (χ4n) is 2.21. The minimum absolute atomic E-state index is 0.0138. The molecule has 1 aromatic heterocycles. The molecule has 0 N–H and O–H groups in total. The Kier molecular flexibility index (Phi) is 5.01. The van der Waals surface area contributed by atoms with Crippen LogP contribution in [0.5, 0.6) is 5.75 Å². The normalized spacial score (nSPS) is 10.5. The van der Waals surface area contributed by atoms with Gasteiger partial charge in [0.05, 0.1) is 19.2 Å². The molecule has 2 rings (SSSR count). The highest BCUT2D eigenvalue weighted by molar-refractivity contribution is 9.10. The van der Waals surface area contributed by atoms with Crippen molar-refractivity contribution in [3.63, 3.8) is 0 Å². The van der Waals surface area contributed by atoms with Gasteiger partial charge in [0.1, 0.15) is 5.75 Å². The summed E-state index contributed by atoms with van der Waals surface area (Å²) in [6, 6.07) is 5.13. The fraction of sp³-hybridized carbons (Fsp3) is 0.250. The Labute approximate surface area is 137 Å². The molecule has 3 nitrogen and oxygen atoms in total. The van der Waals surface area contributed by atoms with E-state index in [4.69, 9.17) is 16.3 Å². The van der Waals surface area contributed by atoms with Gasteiger partial charge in [0.15, 0.2) is 5.78 Å². The van der Waals surface area contributed by atoms with Crippen molar-refractivity contribution in [1.29, 1.82) is 0 Å². The molecule has 0 aliphatic carbocycles. The van der Waals surface area contributed by atoms with Crippen LogP contribution in [0.25, 0.3) is 0 Å². The van der Waals surface area contributed by atoms with Gasteiger partial charge in [0.2, 0.25) is 0 Å². The van der Waals surface area contributed by atoms with Crippen LogP contribution < -0.4 is 4.74 Å². The second-order valence-electron chi connectivity index (χ2n) is 4.77. The highest BCUT2D eigenvalue weighted by Gasteiger charge is 2.16. The van der Waals surface area contributed by atoms with Gasteiger partial charge in [-0.2, -0.15) is 0 Å². The van der Waals surface area contributed by atoms with E-state index in [1.54, 1.807) is 31.5 Å². The lowest BCUT2D eigenvalue weighted by atomic mass is 10.0. The van der Waals surface area contributed by atoms with Crippen LogP contribution >= 0.6 is 27.5 Å². The highest BCUT2D eigenvalue weighted by atomic mass is 79.9. The second kappa shape index (κ2) is 6.58. The molecule has 0 fully saturated rings. The van der Waals surface area contributed by atoms with E-state index in [1.807, 2.05) is 13.8 Å². The third-order valence-corrected chi connectivity index (χ3v) is 4.20. The Morgan fingerprint density at radius 3 is 2.71 bits per heavy atom. The lowest BCUT2D eigenvalue weighted by Crippen LogP contribution is -2.09. The number of carbonyl (C=O) groups excluding carboxylic acids is 1. The van der Waals surface area contributed by atoms with Gasteiger partial charge in [-0.3, -0.25) is 9.78 Å². The average Bonchev–Trinajstić information content (AvgIpc) is 2.42. The van der Waals surface area contributed by atoms with Crippen LogP contribution in [-0.2, 0) is 6.42 Å². The number of nitrogens with zero attached hydrogens (tertiary/aromatic N) is 1. The maximum atomic E-state index is 12.4. The van der Waals surface area contributed by atoms with Gasteiger partial charge in [-0.25, -0.2) is 0 Å². The number of rotatable bonds is 4. The SMILES string of the molecule is COc1c(C)cnc(CC(=O)c2ccc(Cl)cc2Br)c1C. The number of halogens is 2. The largest absolute Gasteiger partial charge is 0.496 e. The van der Waals surface area contributed by atoms with Crippen molar-refractivity contribution >= 4 is 33.3 Å². The van der Waals surface area contributed by atoms with Gasteiger partial charge < -0.3 is 4.74 Å². The van der Waals surface area contributed by atoms with Crippen molar-refractivity contribution in [2.45, 2.75) is 20.3 Å². The molecular weight excluding hydrogens is 354 g/mol. The number of ether oxygens (including phenoxy) is 1. The minimum Gasteiger partial charge on any atom is -0.496 e. The molecule has 0 spiro atoms. The van der Waals surface area contributed by atoms with Crippen molar-refractivity contribution in [2.24, 2.45) is 0 Å². The number of Topliss-reactive ketones (excluding diaryl/α,β-unsaturated/α-hetero) is 1. The lowest BCUT2D eigenvalue weighted by Gasteiger charge is -2.12. The molecule has 0 unspecified atom stereocenters. The van der Waals surface area contributed by atoms with Crippen molar-refractivity contribution < 1.29 is 9.53 Å². The molecule has 0 radical (unpaired) electrons. The molecule has 0 amide bonds. The maximum Gasteiger partial charge on any atom is 0.169 e. The first-order valence-electron chi connectivity index (χ1n) is 6.41. The monoisotopic (exact) mass is 367 g/mol. The fourth-order valence-corrected chi connectivity index (χ4v) is 3.12. The molecule has 0 bridgehead atoms. The van der Waals surface area contributed by atoms with Gasteiger partial charge >= 0.3 is 0 Å². The number of carbonyl (C=O) groups is 1. The first kappa shape index (κ1) is 16.0. The summed E-state index contributed by atoms with van der Waals surface area (Å²) in [5, 5.41) is 0.588.